The van der Waals surface area contributed by atoms with Gasteiger partial charge in [-0.3, -0.25) is 9.59 Å². The van der Waals surface area contributed by atoms with Crippen molar-refractivity contribution in [3.05, 3.63) is 107 Å². The van der Waals surface area contributed by atoms with Crippen LogP contribution in [0.2, 0.25) is 0 Å². The summed E-state index contributed by atoms with van der Waals surface area (Å²) in [7, 11) is 0. The van der Waals surface area contributed by atoms with Crippen molar-refractivity contribution < 1.29 is 19.8 Å². The van der Waals surface area contributed by atoms with Crippen LogP contribution in [0, 0.1) is 5.92 Å². The average Bonchev–Trinajstić information content (AvgIpc) is 2.90. The molecule has 1 fully saturated rings. The molecule has 1 heterocycles. The van der Waals surface area contributed by atoms with Gasteiger partial charge < -0.3 is 15.1 Å². The number of nitrogens with zero attached hydrogens (tertiary/aromatic N) is 1. The number of ketones is 1. The van der Waals surface area contributed by atoms with Gasteiger partial charge in [-0.2, -0.15) is 0 Å². The van der Waals surface area contributed by atoms with Crippen LogP contribution in [-0.4, -0.2) is 46.5 Å². The summed E-state index contributed by atoms with van der Waals surface area (Å²) in [5, 5.41) is 20.9. The van der Waals surface area contributed by atoms with Gasteiger partial charge in [0, 0.05) is 12.8 Å². The molecule has 1 saturated heterocycles. The van der Waals surface area contributed by atoms with Gasteiger partial charge in [0.2, 0.25) is 0 Å². The minimum absolute atomic E-state index is 0.000975. The van der Waals surface area contributed by atoms with Crippen molar-refractivity contribution in [2.75, 3.05) is 19.6 Å². The Balaban J connectivity index is 1.27. The lowest BCUT2D eigenvalue weighted by Gasteiger charge is -2.42. The minimum atomic E-state index is -1.01. The summed E-state index contributed by atoms with van der Waals surface area (Å²) in [6, 6.07) is 27.2. The van der Waals surface area contributed by atoms with E-state index in [0.29, 0.717) is 12.8 Å². The third-order valence-corrected chi connectivity index (χ3v) is 7.32. The van der Waals surface area contributed by atoms with E-state index in [2.05, 4.69) is 4.90 Å². The van der Waals surface area contributed by atoms with Crippen molar-refractivity contribution in [3.8, 4) is 0 Å². The summed E-state index contributed by atoms with van der Waals surface area (Å²) in [6.07, 6.45) is 3.54. The van der Waals surface area contributed by atoms with E-state index in [0.717, 1.165) is 61.2 Å². The quantitative estimate of drug-likeness (QED) is 0.406. The molecule has 3 aromatic rings. The Morgan fingerprint density at radius 1 is 0.778 bits per heavy atom. The van der Waals surface area contributed by atoms with Gasteiger partial charge in [0.1, 0.15) is 11.4 Å². The van der Waals surface area contributed by atoms with E-state index in [4.69, 9.17) is 5.11 Å². The highest BCUT2D eigenvalue weighted by Crippen LogP contribution is 2.41. The zero-order chi connectivity index (χ0) is 25.4. The van der Waals surface area contributed by atoms with E-state index < -0.39 is 11.6 Å². The van der Waals surface area contributed by atoms with E-state index in [1.54, 1.807) is 12.1 Å². The zero-order valence-electron chi connectivity index (χ0n) is 20.7. The molecule has 36 heavy (non-hydrogen) atoms. The number of rotatable bonds is 11. The van der Waals surface area contributed by atoms with Crippen molar-refractivity contribution in [1.29, 1.82) is 0 Å². The Labute approximate surface area is 213 Å². The Hall–Kier alpha value is -3.28. The number of piperidine rings is 1. The van der Waals surface area contributed by atoms with E-state index in [1.165, 1.54) is 0 Å². The lowest BCUT2D eigenvalue weighted by atomic mass is 9.72. The highest BCUT2D eigenvalue weighted by Gasteiger charge is 2.41. The molecule has 0 aliphatic carbocycles. The molecule has 0 radical (unpaired) electrons. The largest absolute Gasteiger partial charge is 0.481 e. The number of carboxylic acids is 1. The number of carboxylic acid groups (broad SMARTS) is 1. The highest BCUT2D eigenvalue weighted by molar-refractivity contribution is 5.80. The maximum Gasteiger partial charge on any atom is 0.307 e. The van der Waals surface area contributed by atoms with Gasteiger partial charge in [-0.25, -0.2) is 0 Å². The van der Waals surface area contributed by atoms with Crippen LogP contribution in [0.1, 0.15) is 47.9 Å². The van der Waals surface area contributed by atoms with Gasteiger partial charge in [-0.05, 0) is 67.1 Å². The van der Waals surface area contributed by atoms with E-state index >= 15 is 0 Å². The van der Waals surface area contributed by atoms with Crippen LogP contribution in [0.15, 0.2) is 84.9 Å². The first-order chi connectivity index (χ1) is 17.4. The summed E-state index contributed by atoms with van der Waals surface area (Å²) in [5.74, 6) is -0.518. The van der Waals surface area contributed by atoms with Crippen molar-refractivity contribution in [1.82, 2.24) is 4.90 Å². The fraction of sp³-hybridized carbons (Fsp3) is 0.355. The minimum Gasteiger partial charge on any atom is -0.481 e. The molecular formula is C31H35NO4. The maximum absolute atomic E-state index is 12.5. The predicted molar refractivity (Wildman–Crippen MR) is 141 cm³/mol. The fourth-order valence-corrected chi connectivity index (χ4v) is 5.36. The monoisotopic (exact) mass is 485 g/mol. The third kappa shape index (κ3) is 6.48. The van der Waals surface area contributed by atoms with Gasteiger partial charge in [0.25, 0.3) is 0 Å². The number of hydrogen-bond acceptors (Lipinski definition) is 4. The second kappa shape index (κ2) is 12.1. The Morgan fingerprint density at radius 2 is 1.28 bits per heavy atom. The van der Waals surface area contributed by atoms with Gasteiger partial charge >= 0.3 is 5.97 Å². The fourth-order valence-electron chi connectivity index (χ4n) is 5.36. The van der Waals surface area contributed by atoms with Crippen LogP contribution in [-0.2, 0) is 28.0 Å². The van der Waals surface area contributed by atoms with E-state index in [-0.39, 0.29) is 18.1 Å². The summed E-state index contributed by atoms with van der Waals surface area (Å²) in [5.41, 5.74) is 2.54. The highest BCUT2D eigenvalue weighted by atomic mass is 16.4. The molecule has 0 unspecified atom stereocenters. The molecule has 3 aromatic carbocycles. The molecule has 0 bridgehead atoms. The summed E-state index contributed by atoms with van der Waals surface area (Å²) >= 11 is 0. The Bertz CT molecular complexity index is 1080. The molecular weight excluding hydrogens is 450 g/mol. The summed E-state index contributed by atoms with van der Waals surface area (Å²) in [6.45, 7) is 2.70. The van der Waals surface area contributed by atoms with Crippen molar-refractivity contribution in [2.45, 2.75) is 44.1 Å². The average molecular weight is 486 g/mol. The number of Topliss-reactive ketones (excluding diaryl/α,β-unsaturated/α-hetero) is 1. The number of aliphatic carboxylic acids is 1. The molecule has 2 N–H and O–H groups in total. The topological polar surface area (TPSA) is 77.8 Å². The smallest absolute Gasteiger partial charge is 0.307 e. The molecule has 0 saturated carbocycles. The summed E-state index contributed by atoms with van der Waals surface area (Å²) in [4.78, 5) is 25.7. The normalized spacial score (nSPS) is 15.0. The number of aliphatic hydroxyl groups is 1. The molecule has 1 aliphatic heterocycles. The molecule has 188 valence electrons. The molecule has 4 rings (SSSR count). The van der Waals surface area contributed by atoms with Gasteiger partial charge in [-0.15, -0.1) is 0 Å². The molecule has 5 heteroatoms. The second-order valence-corrected chi connectivity index (χ2v) is 9.82. The number of benzene rings is 3. The van der Waals surface area contributed by atoms with E-state index in [9.17, 15) is 14.7 Å². The number of carbonyl (C=O) groups is 2. The van der Waals surface area contributed by atoms with E-state index in [1.807, 2.05) is 72.8 Å². The lowest BCUT2D eigenvalue weighted by molar-refractivity contribution is -0.136. The van der Waals surface area contributed by atoms with Gasteiger partial charge in [0.05, 0.1) is 6.42 Å². The third-order valence-electron chi connectivity index (χ3n) is 7.32. The molecule has 1 aliphatic rings. The van der Waals surface area contributed by atoms with Gasteiger partial charge in [0.15, 0.2) is 0 Å². The van der Waals surface area contributed by atoms with Crippen LogP contribution in [0.4, 0.5) is 0 Å². The van der Waals surface area contributed by atoms with Crippen LogP contribution >= 0.6 is 0 Å². The number of likely N-dealkylation sites (tertiary alicyclic amines) is 1. The zero-order valence-corrected chi connectivity index (χ0v) is 20.7. The van der Waals surface area contributed by atoms with Crippen molar-refractivity contribution in [2.24, 2.45) is 5.92 Å². The second-order valence-electron chi connectivity index (χ2n) is 9.82. The SMILES string of the molecule is O=C(O)Cc1ccc(CC(=O)CCCN2CCC(C(O)(c3ccccc3)c3ccccc3)CC2)cc1. The standard InChI is InChI=1S/C31H35NO4/c33-29(22-24-13-15-25(16-14-24)23-30(34)35)12-7-19-32-20-17-28(18-21-32)31(36,26-8-3-1-4-9-26)27-10-5-2-6-11-27/h1-6,8-11,13-16,28,36H,7,12,17-23H2,(H,34,35). The van der Waals surface area contributed by atoms with Crippen LogP contribution in [0.3, 0.4) is 0 Å². The first-order valence-corrected chi connectivity index (χ1v) is 12.8. The Morgan fingerprint density at radius 3 is 1.78 bits per heavy atom. The first-order valence-electron chi connectivity index (χ1n) is 12.8. The van der Waals surface area contributed by atoms with Gasteiger partial charge in [-0.1, -0.05) is 84.9 Å². The van der Waals surface area contributed by atoms with Crippen LogP contribution in [0.25, 0.3) is 0 Å². The molecule has 0 atom stereocenters. The number of hydrogen-bond donors (Lipinski definition) is 2. The lowest BCUT2D eigenvalue weighted by Crippen LogP contribution is -2.44. The van der Waals surface area contributed by atoms with Crippen LogP contribution < -0.4 is 0 Å². The predicted octanol–water partition coefficient (Wildman–Crippen LogP) is 4.85. The molecule has 0 amide bonds. The van der Waals surface area contributed by atoms with Crippen molar-refractivity contribution in [3.63, 3.8) is 0 Å². The first kappa shape index (κ1) is 25.8. The molecule has 0 spiro atoms. The van der Waals surface area contributed by atoms with Crippen molar-refractivity contribution >= 4 is 11.8 Å². The van der Waals surface area contributed by atoms with Crippen LogP contribution in [0.5, 0.6) is 0 Å². The molecule has 5 nitrogen and oxygen atoms in total. The summed E-state index contributed by atoms with van der Waals surface area (Å²) < 4.78 is 0. The molecule has 0 aromatic heterocycles. The number of carbonyl (C=O) groups excluding carboxylic acids is 1. The maximum atomic E-state index is 12.5. The Kier molecular flexibility index (Phi) is 8.68.